The lowest BCUT2D eigenvalue weighted by atomic mass is 9.95. The molecule has 0 rings (SSSR count). The van der Waals surface area contributed by atoms with Gasteiger partial charge in [-0.25, -0.2) is 0 Å². The van der Waals surface area contributed by atoms with Crippen molar-refractivity contribution in [3.05, 3.63) is 48.6 Å². The van der Waals surface area contributed by atoms with E-state index in [0.717, 1.165) is 32.1 Å². The third-order valence-electron chi connectivity index (χ3n) is 6.44. The van der Waals surface area contributed by atoms with Gasteiger partial charge in [0, 0.05) is 12.5 Å². The van der Waals surface area contributed by atoms with E-state index in [9.17, 15) is 4.79 Å². The summed E-state index contributed by atoms with van der Waals surface area (Å²) >= 11 is 0. The fourth-order valence-corrected chi connectivity index (χ4v) is 3.85. The quantitative estimate of drug-likeness (QED) is 0.110. The molecule has 0 unspecified atom stereocenters. The van der Waals surface area contributed by atoms with E-state index < -0.39 is 13.7 Å². The Morgan fingerprint density at radius 2 is 1.71 bits per heavy atom. The number of amides is 1. The molecule has 1 N–H and O–H groups in total. The molecule has 0 saturated heterocycles. The molecule has 4 nitrogen and oxygen atoms in total. The Kier molecular flexibility index (Phi) is 14.9. The number of ether oxygens (including phenoxy) is 1. The van der Waals surface area contributed by atoms with Crippen molar-refractivity contribution in [1.82, 2.24) is 5.32 Å². The maximum absolute atomic E-state index is 12.6. The number of unbranched alkanes of at least 4 members (excludes halogenated alkanes) is 1. The number of hydrogen-bond donors (Lipinski definition) is 1. The Morgan fingerprint density at radius 3 is 2.24 bits per heavy atom. The van der Waals surface area contributed by atoms with Crippen LogP contribution in [-0.4, -0.2) is 40.1 Å². The van der Waals surface area contributed by atoms with Crippen LogP contribution < -0.4 is 5.32 Å². The Balaban J connectivity index is 4.80. The molecule has 0 aromatic carbocycles. The van der Waals surface area contributed by atoms with E-state index >= 15 is 0 Å². The second-order valence-electron chi connectivity index (χ2n) is 11.8. The summed E-state index contributed by atoms with van der Waals surface area (Å²) in [4.78, 5) is 12.6. The minimum absolute atomic E-state index is 0.0466. The van der Waals surface area contributed by atoms with Crippen molar-refractivity contribution in [3.63, 3.8) is 0 Å². The first-order chi connectivity index (χ1) is 15.6. The Bertz CT molecular complexity index is 693. The summed E-state index contributed by atoms with van der Waals surface area (Å²) < 4.78 is 11.9. The number of nitrogens with one attached hydrogen (secondary N) is 1. The highest BCUT2D eigenvalue weighted by Crippen LogP contribution is 2.36. The van der Waals surface area contributed by atoms with Gasteiger partial charge in [0.1, 0.15) is 0 Å². The summed E-state index contributed by atoms with van der Waals surface area (Å²) in [5.74, 6) is 0.0466. The molecule has 0 aliphatic rings. The first-order valence-electron chi connectivity index (χ1n) is 12.7. The van der Waals surface area contributed by atoms with Crippen LogP contribution in [0.5, 0.6) is 0 Å². The largest absolute Gasteiger partial charge is 0.414 e. The van der Waals surface area contributed by atoms with E-state index in [1.807, 2.05) is 26.8 Å². The maximum Gasteiger partial charge on any atom is 0.225 e. The first kappa shape index (κ1) is 32.6. The van der Waals surface area contributed by atoms with E-state index in [4.69, 9.17) is 9.16 Å². The average Bonchev–Trinajstić information content (AvgIpc) is 2.72. The molecule has 0 heterocycles. The van der Waals surface area contributed by atoms with E-state index in [0.29, 0.717) is 6.61 Å². The molecule has 0 spiro atoms. The van der Waals surface area contributed by atoms with Gasteiger partial charge in [0.25, 0.3) is 0 Å². The molecular formula is C29H53NO3Si. The van der Waals surface area contributed by atoms with Gasteiger partial charge in [-0.1, -0.05) is 83.6 Å². The van der Waals surface area contributed by atoms with E-state index in [2.05, 4.69) is 83.1 Å². The van der Waals surface area contributed by atoms with Crippen LogP contribution in [0.25, 0.3) is 0 Å². The molecule has 0 aromatic heterocycles. The molecule has 0 bridgehead atoms. The van der Waals surface area contributed by atoms with Gasteiger partial charge < -0.3 is 14.5 Å². The summed E-state index contributed by atoms with van der Waals surface area (Å²) in [6, 6.07) is -0.115. The van der Waals surface area contributed by atoms with Gasteiger partial charge in [0.15, 0.2) is 8.32 Å². The topological polar surface area (TPSA) is 47.6 Å². The van der Waals surface area contributed by atoms with Gasteiger partial charge in [-0.3, -0.25) is 4.79 Å². The van der Waals surface area contributed by atoms with Crippen LogP contribution in [0.1, 0.15) is 80.6 Å². The molecule has 0 radical (unpaired) electrons. The third-order valence-corrected chi connectivity index (χ3v) is 10.9. The molecule has 0 aliphatic heterocycles. The molecular weight excluding hydrogens is 438 g/mol. The van der Waals surface area contributed by atoms with Crippen molar-refractivity contribution in [2.24, 2.45) is 5.41 Å². The number of carbonyl (C=O) groups excluding carboxylic acids is 1. The highest BCUT2D eigenvalue weighted by Gasteiger charge is 2.37. The molecule has 1 amide bonds. The van der Waals surface area contributed by atoms with Crippen molar-refractivity contribution in [2.45, 2.75) is 111 Å². The number of rotatable bonds is 15. The number of allylic oxidation sites excluding steroid dienone is 5. The summed E-state index contributed by atoms with van der Waals surface area (Å²) in [5.41, 5.74) is 0.927. The van der Waals surface area contributed by atoms with Crippen LogP contribution in [0.2, 0.25) is 18.1 Å². The second kappa shape index (κ2) is 15.5. The summed E-state index contributed by atoms with van der Waals surface area (Å²) in [7, 11) is -0.114. The molecule has 2 atom stereocenters. The van der Waals surface area contributed by atoms with Crippen LogP contribution in [0.3, 0.4) is 0 Å². The lowest BCUT2D eigenvalue weighted by molar-refractivity contribution is -0.129. The summed E-state index contributed by atoms with van der Waals surface area (Å²) in [6.07, 6.45) is 17.8. The number of methoxy groups -OCH3 is 1. The second-order valence-corrected chi connectivity index (χ2v) is 16.6. The molecule has 196 valence electrons. The minimum atomic E-state index is -1.88. The fourth-order valence-electron chi connectivity index (χ4n) is 2.82. The van der Waals surface area contributed by atoms with Crippen molar-refractivity contribution < 1.29 is 14.0 Å². The van der Waals surface area contributed by atoms with Crippen molar-refractivity contribution in [1.29, 1.82) is 0 Å². The van der Waals surface area contributed by atoms with Gasteiger partial charge in [-0.05, 0) is 57.2 Å². The molecule has 0 aromatic rings. The average molecular weight is 492 g/mol. The Labute approximate surface area is 212 Å². The van der Waals surface area contributed by atoms with Crippen LogP contribution >= 0.6 is 0 Å². The minimum Gasteiger partial charge on any atom is -0.414 e. The first-order valence-corrected chi connectivity index (χ1v) is 15.6. The zero-order valence-corrected chi connectivity index (χ0v) is 24.8. The van der Waals surface area contributed by atoms with Gasteiger partial charge in [0.2, 0.25) is 5.91 Å². The SMILES string of the molecule is C=CC[C@@H](CC/C(C)=C/C=C/CC/C=C\[C@H](CO[Si](C)(C)C(C)(C)C)NC(=O)C(C)(C)C)OC. The summed E-state index contributed by atoms with van der Waals surface area (Å²) in [6.45, 7) is 23.5. The predicted octanol–water partition coefficient (Wildman–Crippen LogP) is 7.75. The predicted molar refractivity (Wildman–Crippen MR) is 151 cm³/mol. The lowest BCUT2D eigenvalue weighted by Gasteiger charge is -2.37. The smallest absolute Gasteiger partial charge is 0.225 e. The lowest BCUT2D eigenvalue weighted by Crippen LogP contribution is -2.47. The van der Waals surface area contributed by atoms with Crippen LogP contribution in [0, 0.1) is 5.41 Å². The van der Waals surface area contributed by atoms with E-state index in [1.54, 1.807) is 7.11 Å². The van der Waals surface area contributed by atoms with Crippen molar-refractivity contribution in [3.8, 4) is 0 Å². The zero-order valence-electron chi connectivity index (χ0n) is 23.8. The van der Waals surface area contributed by atoms with Gasteiger partial charge in [-0.2, -0.15) is 0 Å². The van der Waals surface area contributed by atoms with Crippen LogP contribution in [0.15, 0.2) is 48.6 Å². The van der Waals surface area contributed by atoms with E-state index in [-0.39, 0.29) is 23.1 Å². The fraction of sp³-hybridized carbons (Fsp3) is 0.690. The van der Waals surface area contributed by atoms with Crippen molar-refractivity contribution >= 4 is 14.2 Å². The maximum atomic E-state index is 12.6. The highest BCUT2D eigenvalue weighted by molar-refractivity contribution is 6.74. The normalized spacial score (nSPS) is 15.6. The Morgan fingerprint density at radius 1 is 1.09 bits per heavy atom. The molecule has 0 fully saturated rings. The number of carbonyl (C=O) groups is 1. The van der Waals surface area contributed by atoms with Gasteiger partial charge in [-0.15, -0.1) is 6.58 Å². The highest BCUT2D eigenvalue weighted by atomic mass is 28.4. The van der Waals surface area contributed by atoms with Crippen LogP contribution in [-0.2, 0) is 14.0 Å². The molecule has 0 saturated carbocycles. The van der Waals surface area contributed by atoms with Crippen molar-refractivity contribution in [2.75, 3.05) is 13.7 Å². The number of hydrogen-bond acceptors (Lipinski definition) is 3. The summed E-state index contributed by atoms with van der Waals surface area (Å²) in [5, 5.41) is 3.30. The monoisotopic (exact) mass is 491 g/mol. The van der Waals surface area contributed by atoms with Gasteiger partial charge in [0.05, 0.1) is 18.8 Å². The zero-order chi connectivity index (χ0) is 26.4. The third kappa shape index (κ3) is 14.1. The van der Waals surface area contributed by atoms with Gasteiger partial charge >= 0.3 is 0 Å². The molecule has 34 heavy (non-hydrogen) atoms. The van der Waals surface area contributed by atoms with Crippen LogP contribution in [0.4, 0.5) is 0 Å². The molecule has 0 aliphatic carbocycles. The molecule has 5 heteroatoms. The Hall–Kier alpha value is -1.43. The van der Waals surface area contributed by atoms with E-state index in [1.165, 1.54) is 5.57 Å². The standard InChI is InChI=1S/C29H53NO3Si/c1-12-18-26(32-9)22-21-24(2)19-16-14-13-15-17-20-25(30-27(31)28(3,4)5)23-33-34(10,11)29(6,7)8/h12,14,16-17,19-20,25-26H,1,13,15,18,21-23H2,2-11H3,(H,30,31)/b16-14+,20-17-,24-19+/t25-,26+/m1/s1.